The number of carbonyl (C=O) groups is 1. The molecule has 3 rings (SSSR count). The Bertz CT molecular complexity index is 916. The summed E-state index contributed by atoms with van der Waals surface area (Å²) in [5, 5.41) is 2.98. The zero-order chi connectivity index (χ0) is 19.1. The third-order valence-corrected chi connectivity index (χ3v) is 4.66. The van der Waals surface area contributed by atoms with Gasteiger partial charge in [0.25, 0.3) is 0 Å². The number of benzene rings is 1. The minimum Gasteiger partial charge on any atom is -0.496 e. The first kappa shape index (κ1) is 19.0. The Kier molecular flexibility index (Phi) is 6.54. The van der Waals surface area contributed by atoms with Crippen LogP contribution in [-0.4, -0.2) is 23.0 Å². The lowest BCUT2D eigenvalue weighted by molar-refractivity contribution is -0.121. The first-order valence-electron chi connectivity index (χ1n) is 8.61. The Morgan fingerprint density at radius 3 is 2.78 bits per heavy atom. The number of pyridine rings is 2. The van der Waals surface area contributed by atoms with Gasteiger partial charge in [0, 0.05) is 41.6 Å². The second-order valence-corrected chi connectivity index (χ2v) is 6.90. The van der Waals surface area contributed by atoms with Crippen LogP contribution in [0.4, 0.5) is 0 Å². The van der Waals surface area contributed by atoms with Gasteiger partial charge in [-0.3, -0.25) is 14.8 Å². The lowest BCUT2D eigenvalue weighted by atomic mass is 10.1. The van der Waals surface area contributed by atoms with E-state index in [0.29, 0.717) is 19.4 Å². The third-order valence-electron chi connectivity index (χ3n) is 4.17. The van der Waals surface area contributed by atoms with E-state index in [9.17, 15) is 4.79 Å². The average molecular weight is 426 g/mol. The van der Waals surface area contributed by atoms with Gasteiger partial charge < -0.3 is 10.1 Å². The molecule has 2 heterocycles. The Morgan fingerprint density at radius 1 is 1.15 bits per heavy atom. The molecule has 1 aromatic carbocycles. The molecule has 0 fully saturated rings. The molecule has 6 heteroatoms. The van der Waals surface area contributed by atoms with Crippen LogP contribution < -0.4 is 10.1 Å². The van der Waals surface area contributed by atoms with E-state index in [0.717, 1.165) is 32.6 Å². The smallest absolute Gasteiger partial charge is 0.220 e. The predicted octanol–water partition coefficient (Wildman–Crippen LogP) is 4.16. The van der Waals surface area contributed by atoms with Crippen molar-refractivity contribution in [2.75, 3.05) is 7.11 Å². The van der Waals surface area contributed by atoms with Crippen molar-refractivity contribution in [3.8, 4) is 17.0 Å². The zero-order valence-electron chi connectivity index (χ0n) is 15.0. The molecule has 0 saturated carbocycles. The van der Waals surface area contributed by atoms with Crippen LogP contribution in [0, 0.1) is 0 Å². The Hall–Kier alpha value is -2.73. The van der Waals surface area contributed by atoms with Gasteiger partial charge in [-0.05, 0) is 53.9 Å². The maximum absolute atomic E-state index is 12.3. The molecule has 27 heavy (non-hydrogen) atoms. The van der Waals surface area contributed by atoms with Crippen molar-refractivity contribution in [1.29, 1.82) is 0 Å². The zero-order valence-corrected chi connectivity index (χ0v) is 16.6. The molecule has 1 amide bonds. The molecule has 0 bridgehead atoms. The average Bonchev–Trinajstić information content (AvgIpc) is 2.71. The highest BCUT2D eigenvalue weighted by molar-refractivity contribution is 9.10. The molecular weight excluding hydrogens is 406 g/mol. The van der Waals surface area contributed by atoms with E-state index in [-0.39, 0.29) is 5.91 Å². The quantitative estimate of drug-likeness (QED) is 0.616. The summed E-state index contributed by atoms with van der Waals surface area (Å²) in [7, 11) is 1.63. The fraction of sp³-hybridized carbons (Fsp3) is 0.190. The highest BCUT2D eigenvalue weighted by Crippen LogP contribution is 2.24. The summed E-state index contributed by atoms with van der Waals surface area (Å²) < 4.78 is 6.33. The Morgan fingerprint density at radius 2 is 2.00 bits per heavy atom. The summed E-state index contributed by atoms with van der Waals surface area (Å²) in [6.07, 6.45) is 6.23. The molecule has 0 atom stereocenters. The minimum absolute atomic E-state index is 0.0157. The molecule has 1 N–H and O–H groups in total. The second-order valence-electron chi connectivity index (χ2n) is 5.99. The third kappa shape index (κ3) is 5.14. The van der Waals surface area contributed by atoms with Crippen molar-refractivity contribution >= 4 is 21.8 Å². The van der Waals surface area contributed by atoms with Gasteiger partial charge in [0.1, 0.15) is 5.75 Å². The van der Waals surface area contributed by atoms with Crippen molar-refractivity contribution in [2.24, 2.45) is 0 Å². The number of ether oxygens (including phenoxy) is 1. The summed E-state index contributed by atoms with van der Waals surface area (Å²) in [6.45, 7) is 0.423. The van der Waals surface area contributed by atoms with Crippen molar-refractivity contribution in [1.82, 2.24) is 15.3 Å². The summed E-state index contributed by atoms with van der Waals surface area (Å²) in [6, 6.07) is 13.5. The van der Waals surface area contributed by atoms with Crippen molar-refractivity contribution in [3.63, 3.8) is 0 Å². The number of nitrogens with zero attached hydrogens (tertiary/aromatic N) is 2. The number of carbonyl (C=O) groups excluding carboxylic acids is 1. The monoisotopic (exact) mass is 425 g/mol. The first-order valence-corrected chi connectivity index (χ1v) is 9.40. The van der Waals surface area contributed by atoms with Gasteiger partial charge in [-0.15, -0.1) is 0 Å². The number of aryl methyl sites for hydroxylation is 1. The van der Waals surface area contributed by atoms with Crippen LogP contribution in [0.2, 0.25) is 0 Å². The summed E-state index contributed by atoms with van der Waals surface area (Å²) >= 11 is 3.46. The number of hydrogen-bond acceptors (Lipinski definition) is 4. The number of methoxy groups -OCH3 is 1. The molecular formula is C21H20BrN3O2. The van der Waals surface area contributed by atoms with Gasteiger partial charge in [0.15, 0.2) is 0 Å². The van der Waals surface area contributed by atoms with Crippen LogP contribution in [0.3, 0.4) is 0 Å². The molecule has 0 spiro atoms. The van der Waals surface area contributed by atoms with Gasteiger partial charge in [-0.1, -0.05) is 22.0 Å². The van der Waals surface area contributed by atoms with Crippen LogP contribution >= 0.6 is 15.9 Å². The number of aromatic nitrogens is 2. The summed E-state index contributed by atoms with van der Waals surface area (Å²) in [5.41, 5.74) is 3.72. The first-order chi connectivity index (χ1) is 13.2. The molecule has 0 aliphatic rings. The largest absolute Gasteiger partial charge is 0.496 e. The van der Waals surface area contributed by atoms with Crippen LogP contribution in [0.1, 0.15) is 17.5 Å². The summed E-state index contributed by atoms with van der Waals surface area (Å²) in [5.74, 6) is 0.773. The van der Waals surface area contributed by atoms with E-state index in [4.69, 9.17) is 4.74 Å². The molecule has 0 aliphatic carbocycles. The van der Waals surface area contributed by atoms with E-state index < -0.39 is 0 Å². The fourth-order valence-electron chi connectivity index (χ4n) is 2.82. The van der Waals surface area contributed by atoms with Gasteiger partial charge in [0.2, 0.25) is 5.91 Å². The van der Waals surface area contributed by atoms with E-state index in [2.05, 4.69) is 31.2 Å². The van der Waals surface area contributed by atoms with Gasteiger partial charge >= 0.3 is 0 Å². The fourth-order valence-corrected chi connectivity index (χ4v) is 3.23. The molecule has 0 radical (unpaired) electrons. The number of amides is 1. The molecule has 0 aliphatic heterocycles. The second kappa shape index (κ2) is 9.28. The molecule has 0 unspecified atom stereocenters. The lowest BCUT2D eigenvalue weighted by Crippen LogP contribution is -2.23. The lowest BCUT2D eigenvalue weighted by Gasteiger charge is -2.11. The van der Waals surface area contributed by atoms with E-state index in [1.165, 1.54) is 0 Å². The highest BCUT2D eigenvalue weighted by atomic mass is 79.9. The van der Waals surface area contributed by atoms with Crippen LogP contribution in [0.15, 0.2) is 65.5 Å². The molecule has 2 aromatic heterocycles. The standard InChI is InChI=1S/C21H20BrN3O2/c1-27-19-8-7-18(22)12-15(19)6-9-20(26)25-14-17-5-3-11-24-21(17)16-4-2-10-23-13-16/h2-5,7-8,10-13H,6,9,14H2,1H3,(H,25,26). The highest BCUT2D eigenvalue weighted by Gasteiger charge is 2.10. The Balaban J connectivity index is 1.61. The van der Waals surface area contributed by atoms with Crippen molar-refractivity contribution in [2.45, 2.75) is 19.4 Å². The van der Waals surface area contributed by atoms with Crippen LogP contribution in [0.25, 0.3) is 11.3 Å². The molecule has 138 valence electrons. The normalized spacial score (nSPS) is 10.4. The summed E-state index contributed by atoms with van der Waals surface area (Å²) in [4.78, 5) is 20.9. The topological polar surface area (TPSA) is 64.1 Å². The molecule has 5 nitrogen and oxygen atoms in total. The van der Waals surface area contributed by atoms with Gasteiger partial charge in [-0.25, -0.2) is 0 Å². The maximum Gasteiger partial charge on any atom is 0.220 e. The molecule has 3 aromatic rings. The van der Waals surface area contributed by atoms with Crippen molar-refractivity contribution in [3.05, 3.63) is 76.7 Å². The van der Waals surface area contributed by atoms with Gasteiger partial charge in [-0.2, -0.15) is 0 Å². The number of rotatable bonds is 7. The predicted molar refractivity (Wildman–Crippen MR) is 108 cm³/mol. The maximum atomic E-state index is 12.3. The van der Waals surface area contributed by atoms with Gasteiger partial charge in [0.05, 0.1) is 12.8 Å². The number of halogens is 1. The van der Waals surface area contributed by atoms with Crippen LogP contribution in [0.5, 0.6) is 5.75 Å². The molecule has 0 saturated heterocycles. The number of hydrogen-bond donors (Lipinski definition) is 1. The van der Waals surface area contributed by atoms with E-state index >= 15 is 0 Å². The van der Waals surface area contributed by atoms with E-state index in [1.54, 1.807) is 25.7 Å². The minimum atomic E-state index is -0.0157. The Labute approximate surface area is 167 Å². The SMILES string of the molecule is COc1ccc(Br)cc1CCC(=O)NCc1cccnc1-c1cccnc1. The van der Waals surface area contributed by atoms with Crippen LogP contribution in [-0.2, 0) is 17.8 Å². The van der Waals surface area contributed by atoms with E-state index in [1.807, 2.05) is 42.5 Å². The number of nitrogens with one attached hydrogen (secondary N) is 1. The van der Waals surface area contributed by atoms with Crippen molar-refractivity contribution < 1.29 is 9.53 Å².